The quantitative estimate of drug-likeness (QED) is 0.732. The van der Waals surface area contributed by atoms with E-state index in [2.05, 4.69) is 4.98 Å². The predicted molar refractivity (Wildman–Crippen MR) is 61.7 cm³/mol. The van der Waals surface area contributed by atoms with E-state index in [1.807, 2.05) is 13.8 Å². The fourth-order valence-electron chi connectivity index (χ4n) is 1.94. The van der Waals surface area contributed by atoms with Gasteiger partial charge in [0.05, 0.1) is 6.61 Å². The van der Waals surface area contributed by atoms with Crippen LogP contribution in [0.2, 0.25) is 0 Å². The zero-order chi connectivity index (χ0) is 12.4. The Morgan fingerprint density at radius 3 is 3.12 bits per heavy atom. The molecule has 1 aromatic rings. The standard InChI is InChI=1S/C12H16N2O3/c1-8(2)7-17-12(16)9-3-4-10-13-6-5-11(15)14(9)10/h5-6,8-9H,3-4,7H2,1-2H3/t9-/m0/s1. The van der Waals surface area contributed by atoms with E-state index in [0.717, 1.165) is 0 Å². The van der Waals surface area contributed by atoms with Gasteiger partial charge in [-0.25, -0.2) is 9.78 Å². The van der Waals surface area contributed by atoms with Crippen molar-refractivity contribution < 1.29 is 9.53 Å². The average molecular weight is 236 g/mol. The van der Waals surface area contributed by atoms with Gasteiger partial charge in [0.1, 0.15) is 11.9 Å². The second-order valence-electron chi connectivity index (χ2n) is 4.65. The van der Waals surface area contributed by atoms with E-state index in [1.54, 1.807) is 0 Å². The first kappa shape index (κ1) is 11.8. The Morgan fingerprint density at radius 2 is 2.41 bits per heavy atom. The van der Waals surface area contributed by atoms with Crippen LogP contribution < -0.4 is 5.56 Å². The molecule has 0 aliphatic carbocycles. The van der Waals surface area contributed by atoms with Crippen LogP contribution in [0.15, 0.2) is 17.1 Å². The van der Waals surface area contributed by atoms with Crippen LogP contribution in [-0.4, -0.2) is 22.1 Å². The van der Waals surface area contributed by atoms with Gasteiger partial charge in [0.25, 0.3) is 5.56 Å². The third-order valence-corrected chi connectivity index (χ3v) is 2.74. The number of aromatic nitrogens is 2. The van der Waals surface area contributed by atoms with Crippen LogP contribution in [0.1, 0.15) is 32.1 Å². The van der Waals surface area contributed by atoms with Gasteiger partial charge < -0.3 is 4.74 Å². The monoisotopic (exact) mass is 236 g/mol. The van der Waals surface area contributed by atoms with E-state index >= 15 is 0 Å². The van der Waals surface area contributed by atoms with Crippen LogP contribution >= 0.6 is 0 Å². The molecule has 0 amide bonds. The number of aryl methyl sites for hydroxylation is 1. The highest BCUT2D eigenvalue weighted by atomic mass is 16.5. The van der Waals surface area contributed by atoms with Crippen LogP contribution in [0.4, 0.5) is 0 Å². The zero-order valence-electron chi connectivity index (χ0n) is 10.0. The molecule has 0 spiro atoms. The summed E-state index contributed by atoms with van der Waals surface area (Å²) in [5, 5.41) is 0. The molecule has 0 aromatic carbocycles. The van der Waals surface area contributed by atoms with E-state index in [9.17, 15) is 9.59 Å². The molecule has 92 valence electrons. The lowest BCUT2D eigenvalue weighted by Gasteiger charge is -2.14. The molecule has 1 atom stereocenters. The van der Waals surface area contributed by atoms with Crippen LogP contribution in [0.5, 0.6) is 0 Å². The zero-order valence-corrected chi connectivity index (χ0v) is 10.0. The Kier molecular flexibility index (Phi) is 3.26. The second-order valence-corrected chi connectivity index (χ2v) is 4.65. The average Bonchev–Trinajstić information content (AvgIpc) is 2.71. The number of carbonyl (C=O) groups is 1. The number of hydrogen-bond donors (Lipinski definition) is 0. The molecule has 0 saturated carbocycles. The number of fused-ring (bicyclic) bond motifs is 1. The van der Waals surface area contributed by atoms with E-state index in [0.29, 0.717) is 31.2 Å². The maximum Gasteiger partial charge on any atom is 0.329 e. The van der Waals surface area contributed by atoms with Gasteiger partial charge in [0.2, 0.25) is 0 Å². The highest BCUT2D eigenvalue weighted by Crippen LogP contribution is 2.23. The van der Waals surface area contributed by atoms with Gasteiger partial charge in [0, 0.05) is 18.7 Å². The largest absolute Gasteiger partial charge is 0.464 e. The van der Waals surface area contributed by atoms with Crippen molar-refractivity contribution in [3.05, 3.63) is 28.4 Å². The van der Waals surface area contributed by atoms with Crippen molar-refractivity contribution in [1.82, 2.24) is 9.55 Å². The molecule has 1 aliphatic rings. The molecular formula is C12H16N2O3. The van der Waals surface area contributed by atoms with Gasteiger partial charge in [-0.05, 0) is 12.3 Å². The maximum absolute atomic E-state index is 11.9. The summed E-state index contributed by atoms with van der Waals surface area (Å²) in [5.74, 6) is 0.641. The molecule has 5 heteroatoms. The Hall–Kier alpha value is -1.65. The molecule has 0 radical (unpaired) electrons. The van der Waals surface area contributed by atoms with Crippen molar-refractivity contribution in [1.29, 1.82) is 0 Å². The van der Waals surface area contributed by atoms with E-state index < -0.39 is 6.04 Å². The summed E-state index contributed by atoms with van der Waals surface area (Å²) in [6, 6.07) is 0.877. The molecule has 1 aliphatic heterocycles. The predicted octanol–water partition coefficient (Wildman–Crippen LogP) is 0.930. The molecule has 0 N–H and O–H groups in total. The molecular weight excluding hydrogens is 220 g/mol. The fourth-order valence-corrected chi connectivity index (χ4v) is 1.94. The van der Waals surface area contributed by atoms with Crippen molar-refractivity contribution in [2.45, 2.75) is 32.7 Å². The minimum Gasteiger partial charge on any atom is -0.464 e. The number of esters is 1. The Bertz CT molecular complexity index is 479. The van der Waals surface area contributed by atoms with Crippen LogP contribution in [-0.2, 0) is 16.0 Å². The van der Waals surface area contributed by atoms with Crippen LogP contribution in [0.3, 0.4) is 0 Å². The number of ether oxygens (including phenoxy) is 1. The maximum atomic E-state index is 11.9. The van der Waals surface area contributed by atoms with Crippen LogP contribution in [0, 0.1) is 5.92 Å². The van der Waals surface area contributed by atoms with E-state index in [1.165, 1.54) is 16.8 Å². The van der Waals surface area contributed by atoms with Gasteiger partial charge >= 0.3 is 5.97 Å². The molecule has 1 aromatic heterocycles. The number of nitrogens with zero attached hydrogens (tertiary/aromatic N) is 2. The van der Waals surface area contributed by atoms with Crippen LogP contribution in [0.25, 0.3) is 0 Å². The van der Waals surface area contributed by atoms with Crippen molar-refractivity contribution >= 4 is 5.97 Å². The summed E-state index contributed by atoms with van der Waals surface area (Å²) in [6.45, 7) is 4.34. The number of hydrogen-bond acceptors (Lipinski definition) is 4. The minimum absolute atomic E-state index is 0.181. The van der Waals surface area contributed by atoms with Crippen molar-refractivity contribution in [3.63, 3.8) is 0 Å². The minimum atomic E-state index is -0.495. The Morgan fingerprint density at radius 1 is 1.65 bits per heavy atom. The normalized spacial score (nSPS) is 18.2. The smallest absolute Gasteiger partial charge is 0.329 e. The lowest BCUT2D eigenvalue weighted by molar-refractivity contribution is -0.148. The highest BCUT2D eigenvalue weighted by Gasteiger charge is 2.31. The lowest BCUT2D eigenvalue weighted by atomic mass is 10.2. The van der Waals surface area contributed by atoms with Gasteiger partial charge in [-0.1, -0.05) is 13.8 Å². The van der Waals surface area contributed by atoms with E-state index in [4.69, 9.17) is 4.74 Å². The van der Waals surface area contributed by atoms with Gasteiger partial charge in [-0.15, -0.1) is 0 Å². The summed E-state index contributed by atoms with van der Waals surface area (Å²) < 4.78 is 6.62. The summed E-state index contributed by atoms with van der Waals surface area (Å²) in [5.41, 5.74) is -0.181. The number of rotatable bonds is 3. The molecule has 2 rings (SSSR count). The van der Waals surface area contributed by atoms with Crippen molar-refractivity contribution in [2.24, 2.45) is 5.92 Å². The Labute approximate surface area is 99.4 Å². The second kappa shape index (κ2) is 4.69. The molecule has 0 fully saturated rings. The molecule has 2 heterocycles. The van der Waals surface area contributed by atoms with Gasteiger partial charge in [-0.2, -0.15) is 0 Å². The first-order valence-electron chi connectivity index (χ1n) is 5.82. The van der Waals surface area contributed by atoms with Gasteiger partial charge in [-0.3, -0.25) is 9.36 Å². The fraction of sp³-hybridized carbons (Fsp3) is 0.583. The molecule has 0 bridgehead atoms. The Balaban J connectivity index is 2.16. The topological polar surface area (TPSA) is 61.2 Å². The molecule has 17 heavy (non-hydrogen) atoms. The third-order valence-electron chi connectivity index (χ3n) is 2.74. The molecule has 5 nitrogen and oxygen atoms in total. The SMILES string of the molecule is CC(C)COC(=O)[C@@H]1CCc2nccc(=O)n21. The van der Waals surface area contributed by atoms with Crippen molar-refractivity contribution in [2.75, 3.05) is 6.61 Å². The van der Waals surface area contributed by atoms with E-state index in [-0.39, 0.29) is 11.5 Å². The first-order chi connectivity index (χ1) is 8.09. The molecule has 0 saturated heterocycles. The lowest BCUT2D eigenvalue weighted by Crippen LogP contribution is -2.29. The summed E-state index contributed by atoms with van der Waals surface area (Å²) in [4.78, 5) is 27.6. The third kappa shape index (κ3) is 2.38. The summed E-state index contributed by atoms with van der Waals surface area (Å²) in [7, 11) is 0. The summed E-state index contributed by atoms with van der Waals surface area (Å²) >= 11 is 0. The van der Waals surface area contributed by atoms with Gasteiger partial charge in [0.15, 0.2) is 0 Å². The summed E-state index contributed by atoms with van der Waals surface area (Å²) in [6.07, 6.45) is 2.73. The first-order valence-corrected chi connectivity index (χ1v) is 5.82. The molecule has 0 unspecified atom stereocenters. The number of carbonyl (C=O) groups excluding carboxylic acids is 1. The van der Waals surface area contributed by atoms with Crippen molar-refractivity contribution in [3.8, 4) is 0 Å². The highest BCUT2D eigenvalue weighted by molar-refractivity contribution is 5.74.